The van der Waals surface area contributed by atoms with E-state index in [1.165, 1.54) is 0 Å². The predicted octanol–water partition coefficient (Wildman–Crippen LogP) is 4.12. The minimum absolute atomic E-state index is 0.168. The first kappa shape index (κ1) is 26.0. The molecule has 0 aliphatic heterocycles. The molecule has 0 radical (unpaired) electrons. The second-order valence-electron chi connectivity index (χ2n) is 8.50. The molecule has 0 spiro atoms. The lowest BCUT2D eigenvalue weighted by Gasteiger charge is -2.19. The molecule has 8 nitrogen and oxygen atoms in total. The molecule has 2 aromatic carbocycles. The Kier molecular flexibility index (Phi) is 9.11. The van der Waals surface area contributed by atoms with E-state index in [0.717, 1.165) is 11.1 Å². The van der Waals surface area contributed by atoms with Crippen molar-refractivity contribution in [2.75, 3.05) is 18.5 Å². The Morgan fingerprint density at radius 3 is 2.24 bits per heavy atom. The number of rotatable bonds is 8. The van der Waals surface area contributed by atoms with Gasteiger partial charge in [0.25, 0.3) is 5.91 Å². The predicted molar refractivity (Wildman–Crippen MR) is 128 cm³/mol. The number of anilines is 1. The zero-order chi connectivity index (χ0) is 24.6. The van der Waals surface area contributed by atoms with Gasteiger partial charge in [0.2, 0.25) is 5.91 Å². The molecule has 0 aliphatic rings. The first-order valence-electron chi connectivity index (χ1n) is 10.5. The van der Waals surface area contributed by atoms with Gasteiger partial charge in [-0.3, -0.25) is 9.59 Å². The summed E-state index contributed by atoms with van der Waals surface area (Å²) in [6.07, 6.45) is -0.670. The lowest BCUT2D eigenvalue weighted by Crippen LogP contribution is -2.39. The number of para-hydroxylation sites is 1. The number of benzene rings is 2. The quantitative estimate of drug-likeness (QED) is 0.532. The summed E-state index contributed by atoms with van der Waals surface area (Å²) >= 11 is 6.16. The molecule has 0 atom stereocenters. The highest BCUT2D eigenvalue weighted by atomic mass is 35.5. The van der Waals surface area contributed by atoms with E-state index in [2.05, 4.69) is 16.0 Å². The van der Waals surface area contributed by atoms with E-state index in [9.17, 15) is 14.4 Å². The number of carbonyl (C=O) groups excluding carboxylic acids is 3. The Balaban J connectivity index is 1.86. The van der Waals surface area contributed by atoms with Gasteiger partial charge in [0.15, 0.2) is 6.61 Å². The maximum Gasteiger partial charge on any atom is 0.408 e. The van der Waals surface area contributed by atoms with Crippen molar-refractivity contribution in [2.45, 2.75) is 46.8 Å². The summed E-state index contributed by atoms with van der Waals surface area (Å²) in [4.78, 5) is 36.1. The van der Waals surface area contributed by atoms with Crippen LogP contribution in [0.15, 0.2) is 36.4 Å². The highest BCUT2D eigenvalue weighted by molar-refractivity contribution is 6.32. The van der Waals surface area contributed by atoms with Crippen LogP contribution in [-0.4, -0.2) is 36.7 Å². The molecule has 0 unspecified atom stereocenters. The molecule has 178 valence electrons. The van der Waals surface area contributed by atoms with Gasteiger partial charge in [-0.25, -0.2) is 4.79 Å². The van der Waals surface area contributed by atoms with Crippen LogP contribution < -0.4 is 20.7 Å². The van der Waals surface area contributed by atoms with Gasteiger partial charge in [-0.2, -0.15) is 0 Å². The van der Waals surface area contributed by atoms with Crippen molar-refractivity contribution in [3.63, 3.8) is 0 Å². The Hall–Kier alpha value is -3.26. The number of alkyl carbamates (subject to hydrolysis) is 1. The van der Waals surface area contributed by atoms with Crippen LogP contribution in [-0.2, 0) is 20.9 Å². The Morgan fingerprint density at radius 2 is 1.61 bits per heavy atom. The maximum atomic E-state index is 12.4. The Labute approximate surface area is 199 Å². The second-order valence-corrected chi connectivity index (χ2v) is 8.88. The van der Waals surface area contributed by atoms with E-state index in [1.54, 1.807) is 57.2 Å². The number of hydrogen-bond acceptors (Lipinski definition) is 5. The van der Waals surface area contributed by atoms with Crippen molar-refractivity contribution >= 4 is 35.2 Å². The van der Waals surface area contributed by atoms with Gasteiger partial charge in [0.1, 0.15) is 17.9 Å². The van der Waals surface area contributed by atoms with Gasteiger partial charge in [0, 0.05) is 17.3 Å². The minimum atomic E-state index is -0.670. The van der Waals surface area contributed by atoms with Crippen molar-refractivity contribution in [3.05, 3.63) is 58.1 Å². The van der Waals surface area contributed by atoms with E-state index in [-0.39, 0.29) is 31.5 Å². The zero-order valence-electron chi connectivity index (χ0n) is 19.5. The van der Waals surface area contributed by atoms with E-state index in [1.807, 2.05) is 13.8 Å². The van der Waals surface area contributed by atoms with E-state index in [0.29, 0.717) is 22.0 Å². The van der Waals surface area contributed by atoms with Crippen LogP contribution in [0.25, 0.3) is 0 Å². The van der Waals surface area contributed by atoms with Gasteiger partial charge in [-0.05, 0) is 69.5 Å². The molecule has 33 heavy (non-hydrogen) atoms. The summed E-state index contributed by atoms with van der Waals surface area (Å²) < 4.78 is 10.7. The molecule has 9 heteroatoms. The molecule has 0 heterocycles. The van der Waals surface area contributed by atoms with Crippen LogP contribution in [0.1, 0.15) is 37.5 Å². The van der Waals surface area contributed by atoms with Crippen molar-refractivity contribution < 1.29 is 23.9 Å². The van der Waals surface area contributed by atoms with Crippen molar-refractivity contribution in [3.8, 4) is 5.75 Å². The summed E-state index contributed by atoms with van der Waals surface area (Å²) in [7, 11) is 0. The van der Waals surface area contributed by atoms with Gasteiger partial charge in [-0.15, -0.1) is 0 Å². The van der Waals surface area contributed by atoms with Gasteiger partial charge in [-0.1, -0.05) is 29.8 Å². The van der Waals surface area contributed by atoms with Gasteiger partial charge in [0.05, 0.1) is 0 Å². The molecule has 0 bridgehead atoms. The molecule has 2 aromatic rings. The lowest BCUT2D eigenvalue weighted by molar-refractivity contribution is -0.120. The largest absolute Gasteiger partial charge is 0.484 e. The summed E-state index contributed by atoms with van der Waals surface area (Å²) in [6, 6.07) is 10.6. The third-order valence-electron chi connectivity index (χ3n) is 4.34. The third kappa shape index (κ3) is 9.02. The topological polar surface area (TPSA) is 106 Å². The standard InChI is InChI=1S/C24H30ClN3O5/c1-15-10-18(11-16(2)22(15)25)32-14-21(30)28-19-9-7-6-8-17(19)12-26-20(29)13-27-23(31)33-24(3,4)5/h6-11H,12-14H2,1-5H3,(H,26,29)(H,27,31)(H,28,30). The Morgan fingerprint density at radius 1 is 0.970 bits per heavy atom. The minimum Gasteiger partial charge on any atom is -0.484 e. The molecule has 2 rings (SSSR count). The molecule has 0 aliphatic carbocycles. The average Bonchev–Trinajstić information content (AvgIpc) is 2.72. The molecule has 0 fully saturated rings. The molecule has 3 N–H and O–H groups in total. The van der Waals surface area contributed by atoms with E-state index < -0.39 is 11.7 Å². The molecular weight excluding hydrogens is 446 g/mol. The van der Waals surface area contributed by atoms with Crippen LogP contribution in [0.5, 0.6) is 5.75 Å². The van der Waals surface area contributed by atoms with Crippen LogP contribution in [0.2, 0.25) is 5.02 Å². The number of hydrogen-bond donors (Lipinski definition) is 3. The highest BCUT2D eigenvalue weighted by Gasteiger charge is 2.16. The number of nitrogens with one attached hydrogen (secondary N) is 3. The SMILES string of the molecule is Cc1cc(OCC(=O)Nc2ccccc2CNC(=O)CNC(=O)OC(C)(C)C)cc(C)c1Cl. The van der Waals surface area contributed by atoms with Crippen LogP contribution in [0, 0.1) is 13.8 Å². The van der Waals surface area contributed by atoms with Crippen LogP contribution >= 0.6 is 11.6 Å². The number of aryl methyl sites for hydroxylation is 2. The zero-order valence-corrected chi connectivity index (χ0v) is 20.3. The van der Waals surface area contributed by atoms with Crippen molar-refractivity contribution in [2.24, 2.45) is 0 Å². The number of amides is 3. The molecular formula is C24H30ClN3O5. The maximum absolute atomic E-state index is 12.4. The summed E-state index contributed by atoms with van der Waals surface area (Å²) in [5.41, 5.74) is 2.35. The molecule has 0 aromatic heterocycles. The fourth-order valence-corrected chi connectivity index (χ4v) is 2.95. The summed E-state index contributed by atoms with van der Waals surface area (Å²) in [5.74, 6) is -0.174. The molecule has 0 saturated heterocycles. The number of carbonyl (C=O) groups is 3. The van der Waals surface area contributed by atoms with Crippen LogP contribution in [0.4, 0.5) is 10.5 Å². The van der Waals surface area contributed by atoms with Crippen molar-refractivity contribution in [1.82, 2.24) is 10.6 Å². The molecule has 0 saturated carbocycles. The first-order chi connectivity index (χ1) is 15.4. The number of ether oxygens (including phenoxy) is 2. The smallest absolute Gasteiger partial charge is 0.408 e. The first-order valence-corrected chi connectivity index (χ1v) is 10.8. The van der Waals surface area contributed by atoms with E-state index >= 15 is 0 Å². The lowest BCUT2D eigenvalue weighted by atomic mass is 10.1. The van der Waals surface area contributed by atoms with Crippen LogP contribution in [0.3, 0.4) is 0 Å². The highest BCUT2D eigenvalue weighted by Crippen LogP contribution is 2.26. The van der Waals surface area contributed by atoms with Gasteiger partial charge >= 0.3 is 6.09 Å². The monoisotopic (exact) mass is 475 g/mol. The number of halogens is 1. The fraction of sp³-hybridized carbons (Fsp3) is 0.375. The summed E-state index contributed by atoms with van der Waals surface area (Å²) in [6.45, 7) is 8.72. The molecule has 3 amide bonds. The normalized spacial score (nSPS) is 10.8. The third-order valence-corrected chi connectivity index (χ3v) is 4.94. The van der Waals surface area contributed by atoms with Crippen molar-refractivity contribution in [1.29, 1.82) is 0 Å². The average molecular weight is 476 g/mol. The fourth-order valence-electron chi connectivity index (χ4n) is 2.84. The summed E-state index contributed by atoms with van der Waals surface area (Å²) in [5, 5.41) is 8.56. The Bertz CT molecular complexity index is 994. The van der Waals surface area contributed by atoms with Gasteiger partial charge < -0.3 is 25.4 Å². The second kappa shape index (κ2) is 11.6. The van der Waals surface area contributed by atoms with E-state index in [4.69, 9.17) is 21.1 Å².